The number of rotatable bonds is 5. The Balaban J connectivity index is 2.39. The van der Waals surface area contributed by atoms with Crippen LogP contribution in [0, 0.1) is 0 Å². The van der Waals surface area contributed by atoms with E-state index < -0.39 is 0 Å². The van der Waals surface area contributed by atoms with Crippen LogP contribution in [0.25, 0.3) is 0 Å². The van der Waals surface area contributed by atoms with E-state index in [4.69, 9.17) is 9.84 Å². The molecule has 0 bridgehead atoms. The molecule has 3 nitrogen and oxygen atoms in total. The van der Waals surface area contributed by atoms with Crippen molar-refractivity contribution < 1.29 is 9.84 Å². The fraction of sp³-hybridized carbons (Fsp3) is 0.455. The Kier molecular flexibility index (Phi) is 4.26. The van der Waals surface area contributed by atoms with E-state index in [1.54, 1.807) is 19.2 Å². The van der Waals surface area contributed by atoms with Gasteiger partial charge in [-0.2, -0.15) is 0 Å². The van der Waals surface area contributed by atoms with Gasteiger partial charge in [0.2, 0.25) is 0 Å². The highest BCUT2D eigenvalue weighted by molar-refractivity contribution is 5.46. The van der Waals surface area contributed by atoms with Crippen molar-refractivity contribution in [3.8, 4) is 5.75 Å². The summed E-state index contributed by atoms with van der Waals surface area (Å²) >= 11 is 0. The Labute approximate surface area is 84.7 Å². The summed E-state index contributed by atoms with van der Waals surface area (Å²) in [5.41, 5.74) is 1.02. The van der Waals surface area contributed by atoms with Crippen molar-refractivity contribution in [1.29, 1.82) is 0 Å². The molecule has 0 amide bonds. The summed E-state index contributed by atoms with van der Waals surface area (Å²) in [7, 11) is 1.70. The molecule has 0 fully saturated rings. The lowest BCUT2D eigenvalue weighted by Gasteiger charge is -2.14. The van der Waals surface area contributed by atoms with Crippen LogP contribution >= 0.6 is 0 Å². The number of hydrogen-bond acceptors (Lipinski definition) is 3. The largest absolute Gasteiger partial charge is 0.508 e. The number of nitrogens with one attached hydrogen (secondary N) is 1. The number of anilines is 1. The van der Waals surface area contributed by atoms with Gasteiger partial charge in [0.15, 0.2) is 0 Å². The number of phenolic OH excluding ortho intramolecular Hbond substituents is 1. The number of ether oxygens (including phenoxy) is 1. The molecule has 1 atom stereocenters. The van der Waals surface area contributed by atoms with Crippen molar-refractivity contribution in [2.45, 2.75) is 19.4 Å². The monoisotopic (exact) mass is 195 g/mol. The normalized spacial score (nSPS) is 12.4. The van der Waals surface area contributed by atoms with Gasteiger partial charge in [-0.25, -0.2) is 0 Å². The third-order valence-corrected chi connectivity index (χ3v) is 2.04. The number of aromatic hydroxyl groups is 1. The molecule has 0 saturated heterocycles. The first kappa shape index (κ1) is 10.9. The smallest absolute Gasteiger partial charge is 0.115 e. The highest BCUT2D eigenvalue weighted by atomic mass is 16.5. The zero-order valence-electron chi connectivity index (χ0n) is 8.66. The van der Waals surface area contributed by atoms with Gasteiger partial charge in [0.1, 0.15) is 5.75 Å². The van der Waals surface area contributed by atoms with Gasteiger partial charge in [0, 0.05) is 25.4 Å². The molecule has 1 aromatic carbocycles. The van der Waals surface area contributed by atoms with E-state index in [0.29, 0.717) is 11.8 Å². The minimum atomic E-state index is 0.292. The number of benzene rings is 1. The molecule has 1 rings (SSSR count). The second-order valence-electron chi connectivity index (χ2n) is 3.37. The molecule has 0 saturated carbocycles. The van der Waals surface area contributed by atoms with Gasteiger partial charge in [0.25, 0.3) is 0 Å². The van der Waals surface area contributed by atoms with Gasteiger partial charge in [0.05, 0.1) is 0 Å². The summed E-state index contributed by atoms with van der Waals surface area (Å²) in [4.78, 5) is 0. The van der Waals surface area contributed by atoms with Gasteiger partial charge in [-0.05, 0) is 37.6 Å². The summed E-state index contributed by atoms with van der Waals surface area (Å²) in [6.45, 7) is 2.86. The van der Waals surface area contributed by atoms with E-state index in [1.165, 1.54) is 0 Å². The van der Waals surface area contributed by atoms with Gasteiger partial charge in [-0.15, -0.1) is 0 Å². The molecule has 0 aliphatic rings. The van der Waals surface area contributed by atoms with Crippen LogP contribution in [0.2, 0.25) is 0 Å². The van der Waals surface area contributed by atoms with E-state index in [9.17, 15) is 0 Å². The van der Waals surface area contributed by atoms with Crippen molar-refractivity contribution in [2.75, 3.05) is 19.0 Å². The van der Waals surface area contributed by atoms with Gasteiger partial charge < -0.3 is 15.2 Å². The summed E-state index contributed by atoms with van der Waals surface area (Å²) in [5.74, 6) is 0.292. The number of hydrogen-bond donors (Lipinski definition) is 2. The summed E-state index contributed by atoms with van der Waals surface area (Å²) in [6.07, 6.45) is 0.970. The first-order valence-corrected chi connectivity index (χ1v) is 4.77. The van der Waals surface area contributed by atoms with Crippen molar-refractivity contribution in [2.24, 2.45) is 0 Å². The van der Waals surface area contributed by atoms with E-state index >= 15 is 0 Å². The lowest BCUT2D eigenvalue weighted by Crippen LogP contribution is -2.16. The Bertz CT molecular complexity index is 258. The first-order chi connectivity index (χ1) is 6.72. The van der Waals surface area contributed by atoms with Crippen LogP contribution in [-0.4, -0.2) is 24.9 Å². The zero-order chi connectivity index (χ0) is 10.4. The van der Waals surface area contributed by atoms with Crippen molar-refractivity contribution in [1.82, 2.24) is 0 Å². The van der Waals surface area contributed by atoms with E-state index in [2.05, 4.69) is 12.2 Å². The molecule has 0 heterocycles. The van der Waals surface area contributed by atoms with E-state index in [-0.39, 0.29) is 0 Å². The van der Waals surface area contributed by atoms with Gasteiger partial charge in [-0.1, -0.05) is 0 Å². The van der Waals surface area contributed by atoms with Crippen LogP contribution in [0.3, 0.4) is 0 Å². The Hall–Kier alpha value is -1.22. The lowest BCUT2D eigenvalue weighted by atomic mass is 10.2. The Morgan fingerprint density at radius 3 is 2.57 bits per heavy atom. The maximum atomic E-state index is 9.08. The highest BCUT2D eigenvalue weighted by Crippen LogP contribution is 2.15. The molecular formula is C11H17NO2. The molecule has 0 aliphatic carbocycles. The first-order valence-electron chi connectivity index (χ1n) is 4.77. The molecular weight excluding hydrogens is 178 g/mol. The second-order valence-corrected chi connectivity index (χ2v) is 3.37. The maximum Gasteiger partial charge on any atom is 0.115 e. The average molecular weight is 195 g/mol. The summed E-state index contributed by atoms with van der Waals surface area (Å²) < 4.78 is 4.99. The van der Waals surface area contributed by atoms with Crippen LogP contribution in [-0.2, 0) is 4.74 Å². The van der Waals surface area contributed by atoms with Crippen molar-refractivity contribution >= 4 is 5.69 Å². The van der Waals surface area contributed by atoms with Gasteiger partial charge >= 0.3 is 0 Å². The molecule has 0 radical (unpaired) electrons. The topological polar surface area (TPSA) is 41.5 Å². The molecule has 78 valence electrons. The summed E-state index contributed by atoms with van der Waals surface area (Å²) in [5, 5.41) is 12.4. The fourth-order valence-corrected chi connectivity index (χ4v) is 1.21. The molecule has 1 unspecified atom stereocenters. The molecule has 1 aromatic rings. The maximum absolute atomic E-state index is 9.08. The quantitative estimate of drug-likeness (QED) is 0.708. The molecule has 2 N–H and O–H groups in total. The molecule has 0 spiro atoms. The average Bonchev–Trinajstić information content (AvgIpc) is 2.18. The van der Waals surface area contributed by atoms with Crippen LogP contribution in [0.5, 0.6) is 5.75 Å². The third kappa shape index (κ3) is 3.66. The van der Waals surface area contributed by atoms with Crippen molar-refractivity contribution in [3.63, 3.8) is 0 Å². The Morgan fingerprint density at radius 1 is 1.36 bits per heavy atom. The predicted octanol–water partition coefficient (Wildman–Crippen LogP) is 2.23. The second kappa shape index (κ2) is 5.50. The number of methoxy groups -OCH3 is 1. The van der Waals surface area contributed by atoms with Gasteiger partial charge in [-0.3, -0.25) is 0 Å². The SMILES string of the molecule is COCCC(C)Nc1ccc(O)cc1. The van der Waals surface area contributed by atoms with Crippen LogP contribution in [0.1, 0.15) is 13.3 Å². The van der Waals surface area contributed by atoms with E-state index in [0.717, 1.165) is 18.7 Å². The standard InChI is InChI=1S/C11H17NO2/c1-9(7-8-14-2)12-10-3-5-11(13)6-4-10/h3-6,9,12-13H,7-8H2,1-2H3. The molecule has 0 aliphatic heterocycles. The Morgan fingerprint density at radius 2 is 2.00 bits per heavy atom. The molecule has 14 heavy (non-hydrogen) atoms. The fourth-order valence-electron chi connectivity index (χ4n) is 1.21. The van der Waals surface area contributed by atoms with Crippen LogP contribution in [0.4, 0.5) is 5.69 Å². The van der Waals surface area contributed by atoms with Crippen LogP contribution in [0.15, 0.2) is 24.3 Å². The number of phenols is 1. The lowest BCUT2D eigenvalue weighted by molar-refractivity contribution is 0.191. The highest BCUT2D eigenvalue weighted by Gasteiger charge is 2.00. The van der Waals surface area contributed by atoms with Crippen molar-refractivity contribution in [3.05, 3.63) is 24.3 Å². The zero-order valence-corrected chi connectivity index (χ0v) is 8.66. The minimum Gasteiger partial charge on any atom is -0.508 e. The predicted molar refractivity (Wildman–Crippen MR) is 57.7 cm³/mol. The molecule has 0 aromatic heterocycles. The minimum absolute atomic E-state index is 0.292. The van der Waals surface area contributed by atoms with E-state index in [1.807, 2.05) is 12.1 Å². The van der Waals surface area contributed by atoms with Crippen LogP contribution < -0.4 is 5.32 Å². The summed E-state index contributed by atoms with van der Waals surface area (Å²) in [6, 6.07) is 7.44. The third-order valence-electron chi connectivity index (χ3n) is 2.04. The molecule has 3 heteroatoms.